The lowest BCUT2D eigenvalue weighted by atomic mass is 10.2. The molecule has 1 aliphatic rings. The Morgan fingerprint density at radius 1 is 1.06 bits per heavy atom. The van der Waals surface area contributed by atoms with E-state index in [2.05, 4.69) is 16.8 Å². The molecule has 0 radical (unpaired) electrons. The quantitative estimate of drug-likeness (QED) is 0.781. The van der Waals surface area contributed by atoms with Crippen LogP contribution < -0.4 is 0 Å². The fourth-order valence-corrected chi connectivity index (χ4v) is 1.87. The molecule has 0 bridgehead atoms. The van der Waals surface area contributed by atoms with Crippen molar-refractivity contribution in [1.29, 1.82) is 0 Å². The molecule has 3 heteroatoms. The minimum absolute atomic E-state index is 0.0866. The Balaban J connectivity index is 0.000000686. The summed E-state index contributed by atoms with van der Waals surface area (Å²) in [6.45, 7) is 8.96. The molecule has 1 aromatic carbocycles. The van der Waals surface area contributed by atoms with Gasteiger partial charge in [-0.25, -0.2) is 4.39 Å². The Kier molecular flexibility index (Phi) is 6.16. The number of piperazine rings is 1. The van der Waals surface area contributed by atoms with Gasteiger partial charge in [-0.3, -0.25) is 4.90 Å². The third kappa shape index (κ3) is 4.44. The van der Waals surface area contributed by atoms with Crippen molar-refractivity contribution in [3.8, 4) is 0 Å². The zero-order valence-electron chi connectivity index (χ0n) is 11.1. The molecule has 1 heterocycles. The Bertz CT molecular complexity index is 320. The van der Waals surface area contributed by atoms with Crippen molar-refractivity contribution in [2.45, 2.75) is 20.4 Å². The van der Waals surface area contributed by atoms with Crippen molar-refractivity contribution < 1.29 is 4.39 Å². The fourth-order valence-electron chi connectivity index (χ4n) is 1.87. The number of hydrogen-bond acceptors (Lipinski definition) is 2. The average molecular weight is 238 g/mol. The predicted molar refractivity (Wildman–Crippen MR) is 70.5 cm³/mol. The summed E-state index contributed by atoms with van der Waals surface area (Å²) in [6.07, 6.45) is 0. The molecule has 1 aliphatic heterocycles. The lowest BCUT2D eigenvalue weighted by Crippen LogP contribution is -2.43. The summed E-state index contributed by atoms with van der Waals surface area (Å²) in [5.41, 5.74) is 0.807. The minimum atomic E-state index is -0.0866. The van der Waals surface area contributed by atoms with Gasteiger partial charge in [-0.05, 0) is 13.1 Å². The Morgan fingerprint density at radius 3 is 2.24 bits per heavy atom. The number of hydrogen-bond donors (Lipinski definition) is 0. The largest absolute Gasteiger partial charge is 0.304 e. The van der Waals surface area contributed by atoms with Gasteiger partial charge in [-0.15, -0.1) is 0 Å². The maximum absolute atomic E-state index is 13.4. The van der Waals surface area contributed by atoms with E-state index in [1.807, 2.05) is 26.0 Å². The molecule has 0 unspecified atom stereocenters. The van der Waals surface area contributed by atoms with Crippen molar-refractivity contribution in [2.24, 2.45) is 0 Å². The topological polar surface area (TPSA) is 6.48 Å². The second-order valence-corrected chi connectivity index (χ2v) is 4.17. The molecule has 17 heavy (non-hydrogen) atoms. The number of rotatable bonds is 2. The molecule has 1 aromatic rings. The van der Waals surface area contributed by atoms with E-state index in [-0.39, 0.29) is 5.82 Å². The van der Waals surface area contributed by atoms with Gasteiger partial charge < -0.3 is 4.90 Å². The summed E-state index contributed by atoms with van der Waals surface area (Å²) in [5.74, 6) is -0.0866. The van der Waals surface area contributed by atoms with Gasteiger partial charge in [-0.2, -0.15) is 0 Å². The maximum Gasteiger partial charge on any atom is 0.127 e. The molecule has 0 aromatic heterocycles. The molecular formula is C14H23FN2. The number of halogens is 1. The first-order valence-corrected chi connectivity index (χ1v) is 6.40. The van der Waals surface area contributed by atoms with Gasteiger partial charge in [0.25, 0.3) is 0 Å². The third-order valence-electron chi connectivity index (χ3n) is 2.95. The SMILES string of the molecule is CC.CN1CCN(Cc2ccccc2F)CC1. The second kappa shape index (κ2) is 7.41. The zero-order valence-corrected chi connectivity index (χ0v) is 11.1. The highest BCUT2D eigenvalue weighted by molar-refractivity contribution is 5.17. The lowest BCUT2D eigenvalue weighted by molar-refractivity contribution is 0.147. The normalized spacial score (nSPS) is 17.4. The van der Waals surface area contributed by atoms with Crippen molar-refractivity contribution in [3.63, 3.8) is 0 Å². The van der Waals surface area contributed by atoms with E-state index in [1.54, 1.807) is 6.07 Å². The summed E-state index contributed by atoms with van der Waals surface area (Å²) in [6, 6.07) is 7.04. The Hall–Kier alpha value is -0.930. The highest BCUT2D eigenvalue weighted by atomic mass is 19.1. The first-order chi connectivity index (χ1) is 8.25. The summed E-state index contributed by atoms with van der Waals surface area (Å²) >= 11 is 0. The van der Waals surface area contributed by atoms with E-state index in [0.29, 0.717) is 0 Å². The molecule has 2 nitrogen and oxygen atoms in total. The fraction of sp³-hybridized carbons (Fsp3) is 0.571. The van der Waals surface area contributed by atoms with Crippen molar-refractivity contribution in [2.75, 3.05) is 33.2 Å². The molecule has 0 spiro atoms. The summed E-state index contributed by atoms with van der Waals surface area (Å²) < 4.78 is 13.4. The average Bonchev–Trinajstić information content (AvgIpc) is 2.37. The smallest absolute Gasteiger partial charge is 0.127 e. The first-order valence-electron chi connectivity index (χ1n) is 6.40. The van der Waals surface area contributed by atoms with E-state index in [1.165, 1.54) is 6.07 Å². The maximum atomic E-state index is 13.4. The molecule has 0 saturated carbocycles. The van der Waals surface area contributed by atoms with Gasteiger partial charge in [0.2, 0.25) is 0 Å². The van der Waals surface area contributed by atoms with E-state index >= 15 is 0 Å². The Morgan fingerprint density at radius 2 is 1.65 bits per heavy atom. The van der Waals surface area contributed by atoms with Crippen LogP contribution in [0.2, 0.25) is 0 Å². The first kappa shape index (κ1) is 14.1. The molecule has 96 valence electrons. The van der Waals surface area contributed by atoms with Gasteiger partial charge in [-0.1, -0.05) is 32.0 Å². The van der Waals surface area contributed by atoms with Gasteiger partial charge in [0.1, 0.15) is 5.82 Å². The minimum Gasteiger partial charge on any atom is -0.304 e. The van der Waals surface area contributed by atoms with Crippen LogP contribution in [0.4, 0.5) is 4.39 Å². The number of likely N-dealkylation sites (N-methyl/N-ethyl adjacent to an activating group) is 1. The monoisotopic (exact) mass is 238 g/mol. The summed E-state index contributed by atoms with van der Waals surface area (Å²) in [7, 11) is 2.13. The number of benzene rings is 1. The highest BCUT2D eigenvalue weighted by Crippen LogP contribution is 2.11. The molecule has 0 atom stereocenters. The van der Waals surface area contributed by atoms with E-state index in [4.69, 9.17) is 0 Å². The van der Waals surface area contributed by atoms with E-state index in [0.717, 1.165) is 38.3 Å². The van der Waals surface area contributed by atoms with Gasteiger partial charge >= 0.3 is 0 Å². The molecule has 1 saturated heterocycles. The van der Waals surface area contributed by atoms with Gasteiger partial charge in [0.05, 0.1) is 0 Å². The Labute approximate surface area is 104 Å². The van der Waals surface area contributed by atoms with Crippen LogP contribution in [0, 0.1) is 5.82 Å². The van der Waals surface area contributed by atoms with Crippen molar-refractivity contribution in [3.05, 3.63) is 35.6 Å². The molecule has 0 amide bonds. The van der Waals surface area contributed by atoms with Crippen molar-refractivity contribution >= 4 is 0 Å². The highest BCUT2D eigenvalue weighted by Gasteiger charge is 2.14. The van der Waals surface area contributed by atoms with E-state index in [9.17, 15) is 4.39 Å². The standard InChI is InChI=1S/C12H17FN2.C2H6/c1-14-6-8-15(9-7-14)10-11-4-2-3-5-12(11)13;1-2/h2-5H,6-10H2,1H3;1-2H3. The van der Waals surface area contributed by atoms with Crippen LogP contribution in [0.3, 0.4) is 0 Å². The van der Waals surface area contributed by atoms with Crippen LogP contribution in [-0.4, -0.2) is 43.0 Å². The van der Waals surface area contributed by atoms with Gasteiger partial charge in [0, 0.05) is 38.3 Å². The van der Waals surface area contributed by atoms with Crippen LogP contribution >= 0.6 is 0 Å². The van der Waals surface area contributed by atoms with Gasteiger partial charge in [0.15, 0.2) is 0 Å². The van der Waals surface area contributed by atoms with Crippen LogP contribution in [0.1, 0.15) is 19.4 Å². The molecule has 2 rings (SSSR count). The predicted octanol–water partition coefficient (Wildman–Crippen LogP) is 2.60. The molecule has 0 aliphatic carbocycles. The lowest BCUT2D eigenvalue weighted by Gasteiger charge is -2.32. The third-order valence-corrected chi connectivity index (χ3v) is 2.95. The zero-order chi connectivity index (χ0) is 12.7. The molecule has 0 N–H and O–H groups in total. The number of nitrogens with zero attached hydrogens (tertiary/aromatic N) is 2. The van der Waals surface area contributed by atoms with E-state index < -0.39 is 0 Å². The van der Waals surface area contributed by atoms with Crippen LogP contribution in [0.5, 0.6) is 0 Å². The molecular weight excluding hydrogens is 215 g/mol. The van der Waals surface area contributed by atoms with Crippen LogP contribution in [0.15, 0.2) is 24.3 Å². The van der Waals surface area contributed by atoms with Crippen molar-refractivity contribution in [1.82, 2.24) is 9.80 Å². The van der Waals surface area contributed by atoms with Crippen LogP contribution in [-0.2, 0) is 6.54 Å². The van der Waals surface area contributed by atoms with Crippen LogP contribution in [0.25, 0.3) is 0 Å². The summed E-state index contributed by atoms with van der Waals surface area (Å²) in [5, 5.41) is 0. The second-order valence-electron chi connectivity index (χ2n) is 4.17. The summed E-state index contributed by atoms with van der Waals surface area (Å²) in [4.78, 5) is 4.61. The molecule has 1 fully saturated rings.